The Kier molecular flexibility index (Phi) is 3.86. The molecule has 0 saturated heterocycles. The predicted molar refractivity (Wildman–Crippen MR) is 64.0 cm³/mol. The van der Waals surface area contributed by atoms with Crippen LogP contribution in [0.25, 0.3) is 0 Å². The highest BCUT2D eigenvalue weighted by Crippen LogP contribution is 2.18. The van der Waals surface area contributed by atoms with Gasteiger partial charge in [0.25, 0.3) is 0 Å². The molecular weight excluding hydrogens is 289 g/mol. The van der Waals surface area contributed by atoms with Gasteiger partial charge in [-0.05, 0) is 17.7 Å². The molecule has 1 N–H and O–H groups in total. The molecule has 4 nitrogen and oxygen atoms in total. The van der Waals surface area contributed by atoms with Crippen molar-refractivity contribution in [2.24, 2.45) is 0 Å². The van der Waals surface area contributed by atoms with Crippen molar-refractivity contribution in [1.29, 1.82) is 0 Å². The minimum Gasteiger partial charge on any atom is -0.396 e. The molecule has 0 fully saturated rings. The van der Waals surface area contributed by atoms with Gasteiger partial charge in [0, 0.05) is 23.7 Å². The third-order valence-corrected chi connectivity index (χ3v) is 3.04. The van der Waals surface area contributed by atoms with Crippen LogP contribution in [0.4, 0.5) is 4.39 Å². The first-order chi connectivity index (χ1) is 8.19. The van der Waals surface area contributed by atoms with E-state index in [-0.39, 0.29) is 12.4 Å². The molecule has 0 aliphatic heterocycles. The predicted octanol–water partition coefficient (Wildman–Crippen LogP) is 1.76. The molecule has 2 aromatic rings. The highest BCUT2D eigenvalue weighted by Gasteiger charge is 2.05. The summed E-state index contributed by atoms with van der Waals surface area (Å²) in [5, 5.41) is 16.6. The van der Waals surface area contributed by atoms with Gasteiger partial charge in [-0.3, -0.25) is 0 Å². The highest BCUT2D eigenvalue weighted by molar-refractivity contribution is 9.10. The smallest absolute Gasteiger partial charge is 0.124 e. The maximum atomic E-state index is 12.9. The molecule has 0 amide bonds. The van der Waals surface area contributed by atoms with Gasteiger partial charge in [0.1, 0.15) is 5.82 Å². The fraction of sp³-hybridized carbons (Fsp3) is 0.273. The van der Waals surface area contributed by atoms with Crippen molar-refractivity contribution < 1.29 is 9.50 Å². The minimum atomic E-state index is -0.278. The molecule has 90 valence electrons. The van der Waals surface area contributed by atoms with Crippen LogP contribution in [0.5, 0.6) is 0 Å². The molecule has 0 spiro atoms. The molecule has 0 radical (unpaired) electrons. The molecule has 17 heavy (non-hydrogen) atoms. The zero-order valence-electron chi connectivity index (χ0n) is 8.98. The first-order valence-corrected chi connectivity index (χ1v) is 5.92. The number of aliphatic hydroxyl groups is 1. The van der Waals surface area contributed by atoms with E-state index < -0.39 is 0 Å². The van der Waals surface area contributed by atoms with Gasteiger partial charge in [0.2, 0.25) is 0 Å². The summed E-state index contributed by atoms with van der Waals surface area (Å²) < 4.78 is 15.3. The Morgan fingerprint density at radius 3 is 2.94 bits per heavy atom. The molecule has 0 aliphatic carbocycles. The number of halogens is 2. The Morgan fingerprint density at radius 2 is 2.24 bits per heavy atom. The van der Waals surface area contributed by atoms with Gasteiger partial charge >= 0.3 is 0 Å². The van der Waals surface area contributed by atoms with Gasteiger partial charge in [-0.25, -0.2) is 9.07 Å². The van der Waals surface area contributed by atoms with Crippen LogP contribution in [-0.2, 0) is 13.0 Å². The van der Waals surface area contributed by atoms with E-state index in [1.807, 2.05) is 0 Å². The summed E-state index contributed by atoms with van der Waals surface area (Å²) in [6.07, 6.45) is 2.26. The third kappa shape index (κ3) is 3.10. The Hall–Kier alpha value is -1.27. The Labute approximate surface area is 106 Å². The minimum absolute atomic E-state index is 0.0545. The summed E-state index contributed by atoms with van der Waals surface area (Å²) in [6, 6.07) is 4.53. The van der Waals surface area contributed by atoms with Crippen molar-refractivity contribution in [1.82, 2.24) is 15.0 Å². The van der Waals surface area contributed by atoms with Crippen LogP contribution in [0.15, 0.2) is 28.9 Å². The lowest BCUT2D eigenvalue weighted by Gasteiger charge is -2.03. The highest BCUT2D eigenvalue weighted by atomic mass is 79.9. The zero-order chi connectivity index (χ0) is 12.3. The lowest BCUT2D eigenvalue weighted by atomic mass is 10.2. The second kappa shape index (κ2) is 5.37. The quantitative estimate of drug-likeness (QED) is 0.936. The zero-order valence-corrected chi connectivity index (χ0v) is 10.6. The van der Waals surface area contributed by atoms with Gasteiger partial charge in [-0.2, -0.15) is 0 Å². The van der Waals surface area contributed by atoms with Gasteiger partial charge in [-0.15, -0.1) is 5.10 Å². The normalized spacial score (nSPS) is 10.8. The molecule has 1 aromatic carbocycles. The van der Waals surface area contributed by atoms with Crippen molar-refractivity contribution in [2.45, 2.75) is 13.0 Å². The molecule has 6 heteroatoms. The summed E-state index contributed by atoms with van der Waals surface area (Å²) in [7, 11) is 0. The molecule has 1 heterocycles. The molecule has 2 rings (SSSR count). The second-order valence-corrected chi connectivity index (χ2v) is 4.47. The van der Waals surface area contributed by atoms with Crippen molar-refractivity contribution in [3.8, 4) is 0 Å². The number of rotatable bonds is 4. The topological polar surface area (TPSA) is 50.9 Å². The van der Waals surface area contributed by atoms with Crippen LogP contribution >= 0.6 is 15.9 Å². The lowest BCUT2D eigenvalue weighted by Crippen LogP contribution is -2.01. The van der Waals surface area contributed by atoms with Crippen molar-refractivity contribution in [3.63, 3.8) is 0 Å². The number of nitrogens with zero attached hydrogens (tertiary/aromatic N) is 3. The first-order valence-electron chi connectivity index (χ1n) is 5.13. The summed E-state index contributed by atoms with van der Waals surface area (Å²) in [5.41, 5.74) is 1.66. The summed E-state index contributed by atoms with van der Waals surface area (Å²) >= 11 is 3.30. The SMILES string of the molecule is OCCc1cn(Cc2ccc(F)cc2Br)nn1. The van der Waals surface area contributed by atoms with Gasteiger partial charge in [0.15, 0.2) is 0 Å². The lowest BCUT2D eigenvalue weighted by molar-refractivity contribution is 0.298. The molecule has 0 aliphatic rings. The van der Waals surface area contributed by atoms with Gasteiger partial charge < -0.3 is 5.11 Å². The van der Waals surface area contributed by atoms with E-state index in [0.29, 0.717) is 17.4 Å². The number of aliphatic hydroxyl groups excluding tert-OH is 1. The maximum absolute atomic E-state index is 12.9. The number of hydrogen-bond acceptors (Lipinski definition) is 3. The van der Waals surface area contributed by atoms with Gasteiger partial charge in [-0.1, -0.05) is 27.2 Å². The monoisotopic (exact) mass is 299 g/mol. The fourth-order valence-electron chi connectivity index (χ4n) is 1.47. The fourth-order valence-corrected chi connectivity index (χ4v) is 1.95. The first kappa shape index (κ1) is 12.2. The summed E-state index contributed by atoms with van der Waals surface area (Å²) in [5.74, 6) is -0.278. The second-order valence-electron chi connectivity index (χ2n) is 3.62. The van der Waals surface area contributed by atoms with Gasteiger partial charge in [0.05, 0.1) is 12.2 Å². The van der Waals surface area contributed by atoms with Crippen LogP contribution in [0.3, 0.4) is 0 Å². The number of benzene rings is 1. The van der Waals surface area contributed by atoms with E-state index in [2.05, 4.69) is 26.2 Å². The number of aromatic nitrogens is 3. The molecular formula is C11H11BrFN3O. The van der Waals surface area contributed by atoms with E-state index >= 15 is 0 Å². The van der Waals surface area contributed by atoms with Crippen LogP contribution in [0, 0.1) is 5.82 Å². The van der Waals surface area contributed by atoms with Crippen molar-refractivity contribution in [3.05, 3.63) is 45.9 Å². The average Bonchev–Trinajstić information content (AvgIpc) is 2.71. The van der Waals surface area contributed by atoms with E-state index in [1.165, 1.54) is 12.1 Å². The number of hydrogen-bond donors (Lipinski definition) is 1. The van der Waals surface area contributed by atoms with Crippen molar-refractivity contribution >= 4 is 15.9 Å². The molecule has 0 saturated carbocycles. The third-order valence-electron chi connectivity index (χ3n) is 2.30. The molecule has 0 bridgehead atoms. The van der Waals surface area contributed by atoms with E-state index in [4.69, 9.17) is 5.11 Å². The van der Waals surface area contributed by atoms with Crippen molar-refractivity contribution in [2.75, 3.05) is 6.61 Å². The maximum Gasteiger partial charge on any atom is 0.124 e. The summed E-state index contributed by atoms with van der Waals surface area (Å²) in [4.78, 5) is 0. The van der Waals surface area contributed by atoms with E-state index in [9.17, 15) is 4.39 Å². The largest absolute Gasteiger partial charge is 0.396 e. The van der Waals surface area contributed by atoms with Crippen LogP contribution in [0.2, 0.25) is 0 Å². The standard InChI is InChI=1S/C11H11BrFN3O/c12-11-5-9(13)2-1-8(11)6-16-7-10(3-4-17)14-15-16/h1-2,5,7,17H,3-4,6H2. The van der Waals surface area contributed by atoms with Crippen LogP contribution in [-0.4, -0.2) is 26.7 Å². The Balaban J connectivity index is 2.13. The molecule has 1 aromatic heterocycles. The van der Waals surface area contributed by atoms with E-state index in [0.717, 1.165) is 11.3 Å². The summed E-state index contributed by atoms with van der Waals surface area (Å²) in [6.45, 7) is 0.568. The average molecular weight is 300 g/mol. The molecule has 0 unspecified atom stereocenters. The van der Waals surface area contributed by atoms with E-state index in [1.54, 1.807) is 16.9 Å². The Bertz CT molecular complexity index is 515. The van der Waals surface area contributed by atoms with Crippen LogP contribution in [0.1, 0.15) is 11.3 Å². The van der Waals surface area contributed by atoms with Crippen LogP contribution < -0.4 is 0 Å². The molecule has 0 atom stereocenters. The Morgan fingerprint density at radius 1 is 1.41 bits per heavy atom.